The molecule has 0 aromatic heterocycles. The third-order valence-corrected chi connectivity index (χ3v) is 3.75. The Balaban J connectivity index is 2.21. The van der Waals surface area contributed by atoms with E-state index in [0.717, 1.165) is 31.8 Å². The molecular formula is C15H30N2O. The molecule has 18 heavy (non-hydrogen) atoms. The van der Waals surface area contributed by atoms with E-state index in [-0.39, 0.29) is 11.8 Å². The van der Waals surface area contributed by atoms with Gasteiger partial charge in [0.25, 0.3) is 0 Å². The van der Waals surface area contributed by atoms with Crippen LogP contribution in [0.2, 0.25) is 0 Å². The Bertz CT molecular complexity index is 253. The van der Waals surface area contributed by atoms with E-state index in [2.05, 4.69) is 38.3 Å². The summed E-state index contributed by atoms with van der Waals surface area (Å²) >= 11 is 0. The molecular weight excluding hydrogens is 224 g/mol. The Labute approximate surface area is 112 Å². The van der Waals surface area contributed by atoms with E-state index in [1.165, 1.54) is 12.8 Å². The van der Waals surface area contributed by atoms with E-state index in [9.17, 15) is 4.79 Å². The van der Waals surface area contributed by atoms with Crippen LogP contribution in [0.5, 0.6) is 0 Å². The summed E-state index contributed by atoms with van der Waals surface area (Å²) in [6, 6.07) is 0.313. The van der Waals surface area contributed by atoms with Gasteiger partial charge in [-0.25, -0.2) is 0 Å². The Kier molecular flexibility index (Phi) is 6.69. The number of hydrogen-bond acceptors (Lipinski definition) is 2. The number of amides is 1. The van der Waals surface area contributed by atoms with Gasteiger partial charge in [-0.2, -0.15) is 0 Å². The van der Waals surface area contributed by atoms with Gasteiger partial charge in [0, 0.05) is 12.6 Å². The lowest BCUT2D eigenvalue weighted by atomic mass is 9.91. The summed E-state index contributed by atoms with van der Waals surface area (Å²) in [6.45, 7) is 10.7. The van der Waals surface area contributed by atoms with Crippen LogP contribution in [0, 0.1) is 17.8 Å². The molecule has 0 spiro atoms. The van der Waals surface area contributed by atoms with Crippen molar-refractivity contribution in [3.8, 4) is 0 Å². The standard InChI is InChI=1S/C15H30N2O/c1-11(2)6-5-7-13(4)17-15(18)14-8-12(3)9-16-10-14/h11-14,16H,5-10H2,1-4H3,(H,17,18). The van der Waals surface area contributed by atoms with E-state index in [4.69, 9.17) is 0 Å². The van der Waals surface area contributed by atoms with Crippen molar-refractivity contribution in [3.05, 3.63) is 0 Å². The van der Waals surface area contributed by atoms with Gasteiger partial charge in [0.05, 0.1) is 5.92 Å². The Hall–Kier alpha value is -0.570. The molecule has 1 fully saturated rings. The molecule has 0 bridgehead atoms. The van der Waals surface area contributed by atoms with Crippen molar-refractivity contribution in [2.75, 3.05) is 13.1 Å². The summed E-state index contributed by atoms with van der Waals surface area (Å²) in [5.74, 6) is 1.79. The summed E-state index contributed by atoms with van der Waals surface area (Å²) in [4.78, 5) is 12.1. The molecule has 0 radical (unpaired) electrons. The minimum atomic E-state index is 0.168. The molecule has 1 aliphatic rings. The summed E-state index contributed by atoms with van der Waals surface area (Å²) in [5, 5.41) is 6.50. The molecule has 106 valence electrons. The van der Waals surface area contributed by atoms with Crippen LogP contribution in [-0.2, 0) is 4.79 Å². The number of carbonyl (C=O) groups is 1. The monoisotopic (exact) mass is 254 g/mol. The molecule has 1 aliphatic heterocycles. The first kappa shape index (κ1) is 15.5. The fourth-order valence-electron chi connectivity index (χ4n) is 2.62. The normalized spacial score (nSPS) is 26.1. The van der Waals surface area contributed by atoms with Crippen LogP contribution in [0.1, 0.15) is 53.4 Å². The fraction of sp³-hybridized carbons (Fsp3) is 0.933. The number of nitrogens with one attached hydrogen (secondary N) is 2. The smallest absolute Gasteiger partial charge is 0.224 e. The Morgan fingerprint density at radius 2 is 2.00 bits per heavy atom. The second-order valence-corrected chi connectivity index (χ2v) is 6.43. The van der Waals surface area contributed by atoms with Gasteiger partial charge in [-0.05, 0) is 38.1 Å². The zero-order valence-corrected chi connectivity index (χ0v) is 12.5. The van der Waals surface area contributed by atoms with Crippen molar-refractivity contribution in [1.29, 1.82) is 0 Å². The lowest BCUT2D eigenvalue weighted by Gasteiger charge is -2.28. The number of rotatable bonds is 6. The summed E-state index contributed by atoms with van der Waals surface area (Å²) in [7, 11) is 0. The van der Waals surface area contributed by atoms with E-state index >= 15 is 0 Å². The van der Waals surface area contributed by atoms with E-state index in [1.54, 1.807) is 0 Å². The molecule has 0 aromatic rings. The Morgan fingerprint density at radius 3 is 2.61 bits per heavy atom. The van der Waals surface area contributed by atoms with Crippen molar-refractivity contribution < 1.29 is 4.79 Å². The van der Waals surface area contributed by atoms with Crippen LogP contribution in [0.3, 0.4) is 0 Å². The van der Waals surface area contributed by atoms with Crippen molar-refractivity contribution in [2.45, 2.75) is 59.4 Å². The third kappa shape index (κ3) is 5.85. The minimum absolute atomic E-state index is 0.168. The summed E-state index contributed by atoms with van der Waals surface area (Å²) in [6.07, 6.45) is 4.58. The molecule has 1 rings (SSSR count). The van der Waals surface area contributed by atoms with Crippen LogP contribution < -0.4 is 10.6 Å². The average Bonchev–Trinajstić information content (AvgIpc) is 2.28. The van der Waals surface area contributed by atoms with Crippen molar-refractivity contribution in [2.24, 2.45) is 17.8 Å². The van der Waals surface area contributed by atoms with Gasteiger partial charge >= 0.3 is 0 Å². The maximum atomic E-state index is 12.1. The Morgan fingerprint density at radius 1 is 1.28 bits per heavy atom. The molecule has 3 atom stereocenters. The highest BCUT2D eigenvalue weighted by molar-refractivity contribution is 5.79. The topological polar surface area (TPSA) is 41.1 Å². The number of piperidine rings is 1. The van der Waals surface area contributed by atoms with Gasteiger partial charge in [0.2, 0.25) is 5.91 Å². The van der Waals surface area contributed by atoms with Crippen LogP contribution in [-0.4, -0.2) is 25.0 Å². The molecule has 0 aromatic carbocycles. The van der Waals surface area contributed by atoms with Gasteiger partial charge in [-0.15, -0.1) is 0 Å². The SMILES string of the molecule is CC(C)CCCC(C)NC(=O)C1CNCC(C)C1. The predicted octanol–water partition coefficient (Wildman–Crippen LogP) is 2.56. The van der Waals surface area contributed by atoms with Crippen molar-refractivity contribution in [3.63, 3.8) is 0 Å². The van der Waals surface area contributed by atoms with Gasteiger partial charge in [0.1, 0.15) is 0 Å². The highest BCUT2D eigenvalue weighted by atomic mass is 16.1. The maximum absolute atomic E-state index is 12.1. The first-order valence-electron chi connectivity index (χ1n) is 7.50. The molecule has 1 heterocycles. The van der Waals surface area contributed by atoms with E-state index in [1.807, 2.05) is 0 Å². The molecule has 1 saturated heterocycles. The second-order valence-electron chi connectivity index (χ2n) is 6.43. The molecule has 3 unspecified atom stereocenters. The molecule has 0 saturated carbocycles. The number of carbonyl (C=O) groups excluding carboxylic acids is 1. The van der Waals surface area contributed by atoms with Gasteiger partial charge in [-0.1, -0.05) is 33.6 Å². The lowest BCUT2D eigenvalue weighted by Crippen LogP contribution is -2.45. The highest BCUT2D eigenvalue weighted by Crippen LogP contribution is 2.16. The van der Waals surface area contributed by atoms with E-state index in [0.29, 0.717) is 12.0 Å². The third-order valence-electron chi connectivity index (χ3n) is 3.75. The highest BCUT2D eigenvalue weighted by Gasteiger charge is 2.25. The molecule has 3 heteroatoms. The lowest BCUT2D eigenvalue weighted by molar-refractivity contribution is -0.126. The van der Waals surface area contributed by atoms with Gasteiger partial charge in [-0.3, -0.25) is 4.79 Å². The zero-order valence-electron chi connectivity index (χ0n) is 12.5. The van der Waals surface area contributed by atoms with E-state index < -0.39 is 0 Å². The predicted molar refractivity (Wildman–Crippen MR) is 76.4 cm³/mol. The summed E-state index contributed by atoms with van der Waals surface area (Å²) in [5.41, 5.74) is 0. The first-order valence-corrected chi connectivity index (χ1v) is 7.50. The minimum Gasteiger partial charge on any atom is -0.353 e. The first-order chi connectivity index (χ1) is 8.49. The van der Waals surface area contributed by atoms with Crippen LogP contribution in [0.4, 0.5) is 0 Å². The molecule has 1 amide bonds. The van der Waals surface area contributed by atoms with Crippen molar-refractivity contribution in [1.82, 2.24) is 10.6 Å². The fourth-order valence-corrected chi connectivity index (χ4v) is 2.62. The maximum Gasteiger partial charge on any atom is 0.224 e. The van der Waals surface area contributed by atoms with Crippen LogP contribution in [0.15, 0.2) is 0 Å². The second kappa shape index (κ2) is 7.78. The van der Waals surface area contributed by atoms with Gasteiger partial charge < -0.3 is 10.6 Å². The zero-order chi connectivity index (χ0) is 13.5. The molecule has 2 N–H and O–H groups in total. The van der Waals surface area contributed by atoms with Crippen LogP contribution in [0.25, 0.3) is 0 Å². The molecule has 0 aliphatic carbocycles. The van der Waals surface area contributed by atoms with Gasteiger partial charge in [0.15, 0.2) is 0 Å². The number of hydrogen-bond donors (Lipinski definition) is 2. The average molecular weight is 254 g/mol. The van der Waals surface area contributed by atoms with Crippen LogP contribution >= 0.6 is 0 Å². The summed E-state index contributed by atoms with van der Waals surface area (Å²) < 4.78 is 0. The van der Waals surface area contributed by atoms with Crippen molar-refractivity contribution >= 4 is 5.91 Å². The quantitative estimate of drug-likeness (QED) is 0.765. The largest absolute Gasteiger partial charge is 0.353 e. The molecule has 3 nitrogen and oxygen atoms in total.